The quantitative estimate of drug-likeness (QED) is 0.521. The van der Waals surface area contributed by atoms with Crippen molar-refractivity contribution in [3.05, 3.63) is 88.5 Å². The van der Waals surface area contributed by atoms with E-state index in [4.69, 9.17) is 0 Å². The fourth-order valence-corrected chi connectivity index (χ4v) is 4.58. The molecule has 126 valence electrons. The summed E-state index contributed by atoms with van der Waals surface area (Å²) in [5.74, 6) is 0. The first-order valence-electron chi connectivity index (χ1n) is 8.52. The van der Waals surface area contributed by atoms with Crippen LogP contribution in [0.2, 0.25) is 0 Å². The summed E-state index contributed by atoms with van der Waals surface area (Å²) >= 11 is 0. The Balaban J connectivity index is 0.00000243. The number of aryl methyl sites for hydroxylation is 2. The molecular formula is C23H23LiOP+. The van der Waals surface area contributed by atoms with Crippen LogP contribution < -0.4 is 24.2 Å². The van der Waals surface area contributed by atoms with E-state index in [0.29, 0.717) is 0 Å². The second-order valence-corrected chi connectivity index (χ2v) is 7.74. The van der Waals surface area contributed by atoms with Crippen LogP contribution in [-0.4, -0.2) is 5.52 Å². The third-order valence-electron chi connectivity index (χ3n) is 4.84. The molecule has 0 aliphatic rings. The molecule has 1 unspecified atom stereocenters. The van der Waals surface area contributed by atoms with Crippen LogP contribution in [0.3, 0.4) is 0 Å². The number of hydrogen-bond donors (Lipinski definition) is 0. The van der Waals surface area contributed by atoms with Gasteiger partial charge in [-0.25, -0.2) is 0 Å². The standard InChI is InChI=1S/C23H23OP.Li/c1-15-14-16(2)22(18(4)17(15)3)23(24)25-21-13-9-8-12-20(21)19-10-6-5-7-11-19;/h5-14,25H,1-4H3;/q;+1. The normalized spacial score (nSPS) is 10.8. The van der Waals surface area contributed by atoms with E-state index in [1.165, 1.54) is 11.1 Å². The summed E-state index contributed by atoms with van der Waals surface area (Å²) in [4.78, 5) is 13.1. The van der Waals surface area contributed by atoms with Crippen LogP contribution in [0.5, 0.6) is 0 Å². The fourth-order valence-electron chi connectivity index (χ4n) is 3.28. The number of rotatable bonds is 4. The predicted molar refractivity (Wildman–Crippen MR) is 110 cm³/mol. The molecule has 0 aromatic heterocycles. The minimum Gasteiger partial charge on any atom is -0.289 e. The molecule has 0 spiro atoms. The zero-order chi connectivity index (χ0) is 18.0. The average molecular weight is 353 g/mol. The first-order chi connectivity index (χ1) is 12.0. The molecule has 26 heavy (non-hydrogen) atoms. The summed E-state index contributed by atoms with van der Waals surface area (Å²) in [5.41, 5.74) is 8.09. The van der Waals surface area contributed by atoms with Gasteiger partial charge in [0.05, 0.1) is 0 Å². The van der Waals surface area contributed by atoms with E-state index < -0.39 is 0 Å². The Kier molecular flexibility index (Phi) is 7.02. The third kappa shape index (κ3) is 4.19. The Hall–Kier alpha value is -1.64. The summed E-state index contributed by atoms with van der Waals surface area (Å²) < 4.78 is 0. The first kappa shape index (κ1) is 20.7. The predicted octanol–water partition coefficient (Wildman–Crippen LogP) is 2.74. The summed E-state index contributed by atoms with van der Waals surface area (Å²) in [6, 6.07) is 20.6. The van der Waals surface area contributed by atoms with Crippen molar-refractivity contribution in [2.45, 2.75) is 27.7 Å². The van der Waals surface area contributed by atoms with Gasteiger partial charge in [-0.2, -0.15) is 0 Å². The summed E-state index contributed by atoms with van der Waals surface area (Å²) in [6.07, 6.45) is 0. The molecule has 3 aromatic carbocycles. The number of carbonyl (C=O) groups is 1. The molecule has 1 nitrogen and oxygen atoms in total. The van der Waals surface area contributed by atoms with Gasteiger partial charge in [0, 0.05) is 5.56 Å². The number of benzene rings is 3. The SMILES string of the molecule is Cc1cc(C)c(C(=O)Pc2ccccc2-c2ccccc2)c(C)c1C.[Li+]. The summed E-state index contributed by atoms with van der Waals surface area (Å²) in [6.45, 7) is 8.31. The molecule has 0 radical (unpaired) electrons. The Morgan fingerprint density at radius 1 is 0.769 bits per heavy atom. The summed E-state index contributed by atoms with van der Waals surface area (Å²) in [7, 11) is 0.127. The van der Waals surface area contributed by atoms with Gasteiger partial charge in [0.25, 0.3) is 0 Å². The molecule has 0 N–H and O–H groups in total. The zero-order valence-electron chi connectivity index (χ0n) is 16.2. The van der Waals surface area contributed by atoms with Gasteiger partial charge in [-0.1, -0.05) is 60.7 Å². The Bertz CT molecular complexity index is 932. The molecule has 0 aliphatic carbocycles. The molecular weight excluding hydrogens is 330 g/mol. The van der Waals surface area contributed by atoms with E-state index in [1.807, 2.05) is 37.3 Å². The van der Waals surface area contributed by atoms with Crippen molar-refractivity contribution in [1.29, 1.82) is 0 Å². The van der Waals surface area contributed by atoms with E-state index in [1.54, 1.807) is 0 Å². The maximum absolute atomic E-state index is 13.1. The third-order valence-corrected chi connectivity index (χ3v) is 6.03. The monoisotopic (exact) mass is 353 g/mol. The molecule has 0 saturated carbocycles. The first-order valence-corrected chi connectivity index (χ1v) is 9.52. The van der Waals surface area contributed by atoms with Gasteiger partial charge in [0.15, 0.2) is 5.52 Å². The van der Waals surface area contributed by atoms with Crippen molar-refractivity contribution in [3.8, 4) is 11.1 Å². The maximum Gasteiger partial charge on any atom is 1.00 e. The van der Waals surface area contributed by atoms with E-state index in [2.05, 4.69) is 51.1 Å². The Morgan fingerprint density at radius 3 is 2.08 bits per heavy atom. The molecule has 0 heterocycles. The van der Waals surface area contributed by atoms with Crippen molar-refractivity contribution in [3.63, 3.8) is 0 Å². The second-order valence-electron chi connectivity index (χ2n) is 6.50. The average Bonchev–Trinajstić information content (AvgIpc) is 2.61. The second kappa shape index (κ2) is 8.83. The van der Waals surface area contributed by atoms with Crippen LogP contribution >= 0.6 is 8.58 Å². The van der Waals surface area contributed by atoms with Gasteiger partial charge in [-0.05, 0) is 75.0 Å². The molecule has 0 amide bonds. The number of hydrogen-bond acceptors (Lipinski definition) is 1. The molecule has 0 fully saturated rings. The zero-order valence-corrected chi connectivity index (χ0v) is 17.2. The minimum atomic E-state index is 0. The van der Waals surface area contributed by atoms with Crippen LogP contribution in [0.4, 0.5) is 0 Å². The molecule has 0 aliphatic heterocycles. The van der Waals surface area contributed by atoms with Crippen LogP contribution in [0.15, 0.2) is 60.7 Å². The van der Waals surface area contributed by atoms with E-state index in [-0.39, 0.29) is 33.0 Å². The smallest absolute Gasteiger partial charge is 0.289 e. The van der Waals surface area contributed by atoms with Crippen LogP contribution in [0.1, 0.15) is 32.6 Å². The van der Waals surface area contributed by atoms with Crippen molar-refractivity contribution >= 4 is 19.4 Å². The molecule has 1 atom stereocenters. The largest absolute Gasteiger partial charge is 1.00 e. The Morgan fingerprint density at radius 2 is 1.38 bits per heavy atom. The van der Waals surface area contributed by atoms with E-state index in [0.717, 1.165) is 33.1 Å². The maximum atomic E-state index is 13.1. The van der Waals surface area contributed by atoms with Gasteiger partial charge in [0.1, 0.15) is 0 Å². The van der Waals surface area contributed by atoms with Gasteiger partial charge in [-0.3, -0.25) is 4.79 Å². The van der Waals surface area contributed by atoms with Gasteiger partial charge in [-0.15, -0.1) is 0 Å². The topological polar surface area (TPSA) is 17.1 Å². The van der Waals surface area contributed by atoms with Gasteiger partial charge < -0.3 is 0 Å². The van der Waals surface area contributed by atoms with Crippen molar-refractivity contribution in [2.75, 3.05) is 0 Å². The molecule has 3 aromatic rings. The van der Waals surface area contributed by atoms with Crippen LogP contribution in [0.25, 0.3) is 11.1 Å². The molecule has 0 bridgehead atoms. The van der Waals surface area contributed by atoms with Crippen molar-refractivity contribution in [2.24, 2.45) is 0 Å². The van der Waals surface area contributed by atoms with Crippen molar-refractivity contribution < 1.29 is 23.7 Å². The molecule has 0 saturated heterocycles. The van der Waals surface area contributed by atoms with E-state index in [9.17, 15) is 4.79 Å². The Labute approximate surface area is 170 Å². The minimum absolute atomic E-state index is 0. The molecule has 3 heteroatoms. The fraction of sp³-hybridized carbons (Fsp3) is 0.174. The van der Waals surface area contributed by atoms with Crippen LogP contribution in [-0.2, 0) is 0 Å². The van der Waals surface area contributed by atoms with Gasteiger partial charge >= 0.3 is 18.9 Å². The summed E-state index contributed by atoms with van der Waals surface area (Å²) in [5, 5.41) is 1.11. The van der Waals surface area contributed by atoms with Gasteiger partial charge in [0.2, 0.25) is 0 Å². The molecule has 3 rings (SSSR count). The van der Waals surface area contributed by atoms with Crippen LogP contribution in [0, 0.1) is 27.7 Å². The number of carbonyl (C=O) groups excluding carboxylic acids is 1. The van der Waals surface area contributed by atoms with Crippen molar-refractivity contribution in [1.82, 2.24) is 0 Å². The van der Waals surface area contributed by atoms with E-state index >= 15 is 0 Å².